The summed E-state index contributed by atoms with van der Waals surface area (Å²) in [5, 5.41) is 4.48. The fraction of sp³-hybridized carbons (Fsp3) is 0.556. The number of piperazine rings is 1. The van der Waals surface area contributed by atoms with Gasteiger partial charge in [0.1, 0.15) is 0 Å². The topological polar surface area (TPSA) is 67.2 Å². The Balaban J connectivity index is 1.72. The summed E-state index contributed by atoms with van der Waals surface area (Å²) in [7, 11) is 0. The van der Waals surface area contributed by atoms with E-state index in [4.69, 9.17) is 0 Å². The Bertz CT molecular complexity index is 726. The fourth-order valence-corrected chi connectivity index (χ4v) is 3.21. The zero-order valence-corrected chi connectivity index (χ0v) is 15.4. The van der Waals surface area contributed by atoms with E-state index >= 15 is 0 Å². The highest BCUT2D eigenvalue weighted by Crippen LogP contribution is 2.21. The molecule has 3 rings (SSSR count). The average Bonchev–Trinajstić information content (AvgIpc) is 3.06. The number of carbonyl (C=O) groups excluding carboxylic acids is 1. The number of nitrogens with zero attached hydrogens (tertiary/aromatic N) is 6. The van der Waals surface area contributed by atoms with Gasteiger partial charge < -0.3 is 9.80 Å². The lowest BCUT2D eigenvalue weighted by atomic mass is 10.1. The summed E-state index contributed by atoms with van der Waals surface area (Å²) in [6.45, 7) is 11.2. The van der Waals surface area contributed by atoms with Crippen LogP contribution in [0.2, 0.25) is 0 Å². The van der Waals surface area contributed by atoms with Crippen molar-refractivity contribution in [1.29, 1.82) is 0 Å². The lowest BCUT2D eigenvalue weighted by molar-refractivity contribution is 0.0744. The zero-order chi connectivity index (χ0) is 18.0. The molecule has 1 aliphatic heterocycles. The van der Waals surface area contributed by atoms with Crippen molar-refractivity contribution in [3.8, 4) is 0 Å². The maximum Gasteiger partial charge on any atom is 0.257 e. The predicted octanol–water partition coefficient (Wildman–Crippen LogP) is 1.95. The average molecular weight is 342 g/mol. The van der Waals surface area contributed by atoms with E-state index in [0.29, 0.717) is 13.1 Å². The first-order valence-corrected chi connectivity index (χ1v) is 8.80. The summed E-state index contributed by atoms with van der Waals surface area (Å²) in [6, 6.07) is 1.81. The Labute approximate surface area is 148 Å². The molecule has 0 N–H and O–H groups in total. The van der Waals surface area contributed by atoms with E-state index in [1.807, 2.05) is 15.6 Å². The first-order valence-electron chi connectivity index (χ1n) is 8.80. The third-order valence-corrected chi connectivity index (χ3v) is 4.47. The van der Waals surface area contributed by atoms with Gasteiger partial charge in [-0.3, -0.25) is 9.48 Å². The number of aromatic nitrogens is 4. The summed E-state index contributed by atoms with van der Waals surface area (Å²) in [4.78, 5) is 25.6. The normalized spacial score (nSPS) is 15.5. The van der Waals surface area contributed by atoms with Crippen molar-refractivity contribution in [3.63, 3.8) is 0 Å². The molecule has 0 atom stereocenters. The third-order valence-electron chi connectivity index (χ3n) is 4.47. The highest BCUT2D eigenvalue weighted by molar-refractivity contribution is 5.95. The number of anilines is 1. The molecule has 0 aromatic carbocycles. The Morgan fingerprint density at radius 2 is 1.76 bits per heavy atom. The van der Waals surface area contributed by atoms with Crippen LogP contribution >= 0.6 is 0 Å². The van der Waals surface area contributed by atoms with Gasteiger partial charge in [-0.2, -0.15) is 5.10 Å². The molecule has 1 saturated heterocycles. The Hall–Kier alpha value is -2.44. The molecule has 2 aromatic rings. The van der Waals surface area contributed by atoms with Gasteiger partial charge in [0.15, 0.2) is 0 Å². The van der Waals surface area contributed by atoms with Gasteiger partial charge in [-0.1, -0.05) is 6.92 Å². The van der Waals surface area contributed by atoms with Crippen LogP contribution in [-0.2, 0) is 12.0 Å². The van der Waals surface area contributed by atoms with E-state index in [1.165, 1.54) is 0 Å². The first-order chi connectivity index (χ1) is 11.9. The minimum Gasteiger partial charge on any atom is -0.337 e. The van der Waals surface area contributed by atoms with Crippen LogP contribution in [0.5, 0.6) is 0 Å². The van der Waals surface area contributed by atoms with E-state index in [1.54, 1.807) is 18.6 Å². The number of hydrogen-bond donors (Lipinski definition) is 0. The molecule has 1 fully saturated rings. The monoisotopic (exact) mass is 342 g/mol. The molecule has 0 saturated carbocycles. The molecule has 7 nitrogen and oxygen atoms in total. The second kappa shape index (κ2) is 6.82. The van der Waals surface area contributed by atoms with Gasteiger partial charge in [0, 0.05) is 38.6 Å². The van der Waals surface area contributed by atoms with E-state index < -0.39 is 0 Å². The van der Waals surface area contributed by atoms with Crippen molar-refractivity contribution in [2.75, 3.05) is 31.1 Å². The molecular formula is C18H26N6O. The third kappa shape index (κ3) is 3.50. The predicted molar refractivity (Wildman–Crippen MR) is 96.7 cm³/mol. The van der Waals surface area contributed by atoms with Crippen molar-refractivity contribution >= 4 is 11.9 Å². The van der Waals surface area contributed by atoms with Crippen LogP contribution in [0.1, 0.15) is 43.7 Å². The van der Waals surface area contributed by atoms with Gasteiger partial charge in [0.2, 0.25) is 5.95 Å². The SMILES string of the molecule is CCc1c(C(=O)N2CCN(c3ncccn3)CC2)cnn1C(C)(C)C. The molecule has 7 heteroatoms. The number of carbonyl (C=O) groups is 1. The van der Waals surface area contributed by atoms with Crippen LogP contribution in [0.15, 0.2) is 24.7 Å². The minimum absolute atomic E-state index is 0.0704. The van der Waals surface area contributed by atoms with Crippen LogP contribution in [0.4, 0.5) is 5.95 Å². The maximum atomic E-state index is 13.0. The molecule has 0 bridgehead atoms. The number of amides is 1. The smallest absolute Gasteiger partial charge is 0.257 e. The fourth-order valence-electron chi connectivity index (χ4n) is 3.21. The molecule has 134 valence electrons. The summed E-state index contributed by atoms with van der Waals surface area (Å²) in [5.41, 5.74) is 1.60. The van der Waals surface area contributed by atoms with Gasteiger partial charge >= 0.3 is 0 Å². The van der Waals surface area contributed by atoms with Crippen LogP contribution in [-0.4, -0.2) is 56.7 Å². The van der Waals surface area contributed by atoms with E-state index in [9.17, 15) is 4.79 Å². The van der Waals surface area contributed by atoms with Crippen LogP contribution in [0.25, 0.3) is 0 Å². The van der Waals surface area contributed by atoms with Crippen molar-refractivity contribution in [2.45, 2.75) is 39.7 Å². The van der Waals surface area contributed by atoms with Gasteiger partial charge in [-0.05, 0) is 33.3 Å². The van der Waals surface area contributed by atoms with Crippen LogP contribution < -0.4 is 4.90 Å². The second-order valence-corrected chi connectivity index (χ2v) is 7.27. The Morgan fingerprint density at radius 1 is 1.12 bits per heavy atom. The molecule has 0 aliphatic carbocycles. The molecule has 2 aromatic heterocycles. The molecule has 0 spiro atoms. The largest absolute Gasteiger partial charge is 0.337 e. The van der Waals surface area contributed by atoms with Crippen molar-refractivity contribution in [1.82, 2.24) is 24.6 Å². The molecule has 25 heavy (non-hydrogen) atoms. The van der Waals surface area contributed by atoms with Crippen molar-refractivity contribution < 1.29 is 4.79 Å². The summed E-state index contributed by atoms with van der Waals surface area (Å²) in [6.07, 6.45) is 6.00. The molecule has 1 amide bonds. The highest BCUT2D eigenvalue weighted by Gasteiger charge is 2.28. The molecular weight excluding hydrogens is 316 g/mol. The van der Waals surface area contributed by atoms with Gasteiger partial charge in [0.25, 0.3) is 5.91 Å². The maximum absolute atomic E-state index is 13.0. The second-order valence-electron chi connectivity index (χ2n) is 7.27. The Morgan fingerprint density at radius 3 is 2.32 bits per heavy atom. The highest BCUT2D eigenvalue weighted by atomic mass is 16.2. The number of hydrogen-bond acceptors (Lipinski definition) is 5. The summed E-state index contributed by atoms with van der Waals surface area (Å²) < 4.78 is 1.97. The number of rotatable bonds is 3. The molecule has 3 heterocycles. The van der Waals surface area contributed by atoms with Crippen molar-refractivity contribution in [3.05, 3.63) is 35.9 Å². The molecule has 0 unspecified atom stereocenters. The van der Waals surface area contributed by atoms with Gasteiger partial charge in [-0.15, -0.1) is 0 Å². The lowest BCUT2D eigenvalue weighted by Crippen LogP contribution is -2.49. The van der Waals surface area contributed by atoms with E-state index in [0.717, 1.165) is 36.7 Å². The summed E-state index contributed by atoms with van der Waals surface area (Å²) in [5.74, 6) is 0.797. The van der Waals surface area contributed by atoms with Crippen LogP contribution in [0, 0.1) is 0 Å². The zero-order valence-electron chi connectivity index (χ0n) is 15.4. The first kappa shape index (κ1) is 17.4. The summed E-state index contributed by atoms with van der Waals surface area (Å²) >= 11 is 0. The minimum atomic E-state index is -0.132. The standard InChI is InChI=1S/C18H26N6O/c1-5-15-14(13-21-24(15)18(2,3)4)16(25)22-9-11-23(12-10-22)17-19-7-6-8-20-17/h6-8,13H,5,9-12H2,1-4H3. The quantitative estimate of drug-likeness (QED) is 0.853. The van der Waals surface area contributed by atoms with Gasteiger partial charge in [0.05, 0.1) is 23.0 Å². The molecule has 1 aliphatic rings. The lowest BCUT2D eigenvalue weighted by Gasteiger charge is -2.34. The van der Waals surface area contributed by atoms with Crippen molar-refractivity contribution in [2.24, 2.45) is 0 Å². The molecule has 0 radical (unpaired) electrons. The van der Waals surface area contributed by atoms with Crippen LogP contribution in [0.3, 0.4) is 0 Å². The Kier molecular flexibility index (Phi) is 4.74. The van der Waals surface area contributed by atoms with Gasteiger partial charge in [-0.25, -0.2) is 9.97 Å². The van der Waals surface area contributed by atoms with E-state index in [-0.39, 0.29) is 11.4 Å². The van der Waals surface area contributed by atoms with E-state index in [2.05, 4.69) is 47.7 Å².